The number of hydrogen-bond acceptors (Lipinski definition) is 5. The Labute approximate surface area is 204 Å². The lowest BCUT2D eigenvalue weighted by Gasteiger charge is -2.37. The molecule has 35 heavy (non-hydrogen) atoms. The van der Waals surface area contributed by atoms with E-state index in [1.54, 1.807) is 0 Å². The van der Waals surface area contributed by atoms with Crippen molar-refractivity contribution >= 4 is 38.5 Å². The minimum Gasteiger partial charge on any atom is -0.361 e. The van der Waals surface area contributed by atoms with Crippen molar-refractivity contribution in [3.8, 4) is 0 Å². The van der Waals surface area contributed by atoms with Crippen molar-refractivity contribution in [2.24, 2.45) is 0 Å². The number of hydrogen-bond donors (Lipinski definition) is 3. The molecule has 0 radical (unpaired) electrons. The largest absolute Gasteiger partial charge is 0.361 e. The Hall–Kier alpha value is -2.88. The second-order valence-corrected chi connectivity index (χ2v) is 13.2. The van der Waals surface area contributed by atoms with Gasteiger partial charge in [0.1, 0.15) is 17.5 Å². The average molecular weight is 501 g/mol. The molecule has 3 amide bonds. The van der Waals surface area contributed by atoms with Crippen molar-refractivity contribution in [1.29, 1.82) is 0 Å². The molecular weight excluding hydrogens is 468 g/mol. The molecule has 3 aliphatic rings. The van der Waals surface area contributed by atoms with E-state index in [1.807, 2.05) is 30.5 Å². The van der Waals surface area contributed by atoms with Crippen LogP contribution in [0.15, 0.2) is 30.5 Å². The highest BCUT2D eigenvalue weighted by atomic mass is 32.2. The summed E-state index contributed by atoms with van der Waals surface area (Å²) in [5.41, 5.74) is 1.80. The van der Waals surface area contributed by atoms with Crippen molar-refractivity contribution < 1.29 is 22.8 Å². The maximum absolute atomic E-state index is 13.5. The molecule has 5 rings (SSSR count). The maximum atomic E-state index is 13.5. The van der Waals surface area contributed by atoms with Crippen LogP contribution >= 0.6 is 0 Å². The number of nitrogens with zero attached hydrogens (tertiary/aromatic N) is 1. The van der Waals surface area contributed by atoms with Crippen LogP contribution in [-0.2, 0) is 30.6 Å². The monoisotopic (exact) mass is 500 g/mol. The van der Waals surface area contributed by atoms with Gasteiger partial charge in [0, 0.05) is 29.6 Å². The van der Waals surface area contributed by atoms with Gasteiger partial charge in [0.2, 0.25) is 17.7 Å². The summed E-state index contributed by atoms with van der Waals surface area (Å²) in [6, 6.07) is 5.70. The van der Waals surface area contributed by atoms with Gasteiger partial charge in [-0.3, -0.25) is 14.4 Å². The second kappa shape index (κ2) is 8.65. The van der Waals surface area contributed by atoms with Crippen molar-refractivity contribution in [2.45, 2.75) is 87.0 Å². The van der Waals surface area contributed by atoms with Crippen LogP contribution in [0, 0.1) is 0 Å². The molecule has 0 bridgehead atoms. The van der Waals surface area contributed by atoms with Gasteiger partial charge in [-0.1, -0.05) is 37.5 Å². The number of carbonyl (C=O) groups is 3. The minimum atomic E-state index is -3.71. The topological polar surface area (TPSA) is 128 Å². The number of H-pyrrole nitrogens is 1. The van der Waals surface area contributed by atoms with Crippen LogP contribution < -0.4 is 10.6 Å². The molecular formula is C25H32N4O5S. The fourth-order valence-corrected chi connectivity index (χ4v) is 7.92. The summed E-state index contributed by atoms with van der Waals surface area (Å²) in [5.74, 6) is -1.26. The summed E-state index contributed by atoms with van der Waals surface area (Å²) in [6.07, 6.45) is 7.03. The zero-order valence-corrected chi connectivity index (χ0v) is 20.9. The SMILES string of the molecule is CC1(C)[C@@H](C(=O)N[C@@H](Cc2c[nH]c3ccccc23)C(=O)NC2CCCCC2)N2C(=O)C[C@@H]2S1(=O)=O. The Morgan fingerprint density at radius 1 is 1.17 bits per heavy atom. The molecule has 188 valence electrons. The summed E-state index contributed by atoms with van der Waals surface area (Å²) in [5, 5.41) is 5.91. The standard InChI is InChI=1S/C25H32N4O5S/c1-25(2)22(29-20(30)13-21(29)35(25,33)34)24(32)28-19(23(31)27-16-8-4-3-5-9-16)12-15-14-26-18-11-7-6-10-17(15)18/h6-7,10-11,14,16,19,21-22,26H,3-5,8-9,12-13H2,1-2H3,(H,27,31)(H,28,32)/t19-,21-,22+/m0/s1. The van der Waals surface area contributed by atoms with Crippen molar-refractivity contribution in [1.82, 2.24) is 20.5 Å². The number of nitrogens with one attached hydrogen (secondary N) is 3. The number of benzene rings is 1. The highest BCUT2D eigenvalue weighted by Crippen LogP contribution is 2.45. The predicted octanol–water partition coefficient (Wildman–Crippen LogP) is 1.78. The first-order valence-electron chi connectivity index (χ1n) is 12.3. The summed E-state index contributed by atoms with van der Waals surface area (Å²) >= 11 is 0. The number of sulfone groups is 1. The number of β-lactam (4-membered cyclic amide) rings is 1. The molecule has 10 heteroatoms. The molecule has 2 aromatic rings. The molecule has 9 nitrogen and oxygen atoms in total. The molecule has 3 N–H and O–H groups in total. The molecule has 1 aromatic heterocycles. The van der Waals surface area contributed by atoms with E-state index in [9.17, 15) is 22.8 Å². The van der Waals surface area contributed by atoms with Gasteiger partial charge in [-0.05, 0) is 38.3 Å². The Bertz CT molecular complexity index is 1280. The third-order valence-electron chi connectivity index (χ3n) is 7.91. The van der Waals surface area contributed by atoms with Gasteiger partial charge in [-0.25, -0.2) is 8.42 Å². The lowest BCUT2D eigenvalue weighted by Crippen LogP contribution is -2.62. The number of para-hydroxylation sites is 1. The third kappa shape index (κ3) is 3.91. The molecule has 0 spiro atoms. The number of amides is 3. The lowest BCUT2D eigenvalue weighted by atomic mass is 9.94. The first-order valence-corrected chi connectivity index (χ1v) is 13.9. The van der Waals surface area contributed by atoms with E-state index in [-0.39, 0.29) is 30.7 Å². The summed E-state index contributed by atoms with van der Waals surface area (Å²) in [4.78, 5) is 43.6. The molecule has 3 fully saturated rings. The molecule has 1 aliphatic carbocycles. The molecule has 0 unspecified atom stereocenters. The number of aromatic amines is 1. The molecule has 3 heterocycles. The fraction of sp³-hybridized carbons (Fsp3) is 0.560. The molecule has 1 saturated carbocycles. The second-order valence-electron chi connectivity index (χ2n) is 10.5. The van der Waals surface area contributed by atoms with Crippen LogP contribution in [0.2, 0.25) is 0 Å². The third-order valence-corrected chi connectivity index (χ3v) is 10.7. The van der Waals surface area contributed by atoms with E-state index in [1.165, 1.54) is 18.7 Å². The fourth-order valence-electron chi connectivity index (χ4n) is 5.78. The van der Waals surface area contributed by atoms with E-state index in [2.05, 4.69) is 15.6 Å². The first kappa shape index (κ1) is 23.8. The van der Waals surface area contributed by atoms with E-state index in [0.29, 0.717) is 0 Å². The van der Waals surface area contributed by atoms with E-state index in [4.69, 9.17) is 0 Å². The van der Waals surface area contributed by atoms with Gasteiger partial charge < -0.3 is 20.5 Å². The van der Waals surface area contributed by atoms with Crippen LogP contribution in [0.3, 0.4) is 0 Å². The minimum absolute atomic E-state index is 0.0586. The van der Waals surface area contributed by atoms with Gasteiger partial charge in [0.05, 0.1) is 11.2 Å². The maximum Gasteiger partial charge on any atom is 0.245 e. The van der Waals surface area contributed by atoms with E-state index in [0.717, 1.165) is 48.6 Å². The number of rotatable bonds is 6. The highest BCUT2D eigenvalue weighted by molar-refractivity contribution is 7.93. The zero-order valence-electron chi connectivity index (χ0n) is 20.0. The lowest BCUT2D eigenvalue weighted by molar-refractivity contribution is -0.150. The number of carbonyl (C=O) groups excluding carboxylic acids is 3. The van der Waals surface area contributed by atoms with Crippen LogP contribution in [-0.4, -0.2) is 64.3 Å². The summed E-state index contributed by atoms with van der Waals surface area (Å²) in [6.45, 7) is 2.96. The quantitative estimate of drug-likeness (QED) is 0.521. The molecule has 2 saturated heterocycles. The highest BCUT2D eigenvalue weighted by Gasteiger charge is 2.67. The number of aromatic nitrogens is 1. The smallest absolute Gasteiger partial charge is 0.245 e. The van der Waals surface area contributed by atoms with Gasteiger partial charge in [0.15, 0.2) is 9.84 Å². The predicted molar refractivity (Wildman–Crippen MR) is 131 cm³/mol. The molecule has 1 aromatic carbocycles. The Morgan fingerprint density at radius 2 is 1.89 bits per heavy atom. The average Bonchev–Trinajstić information content (AvgIpc) is 3.28. The van der Waals surface area contributed by atoms with Crippen LogP contribution in [0.25, 0.3) is 10.9 Å². The van der Waals surface area contributed by atoms with Gasteiger partial charge in [0.25, 0.3) is 0 Å². The van der Waals surface area contributed by atoms with Crippen molar-refractivity contribution in [3.05, 3.63) is 36.0 Å². The van der Waals surface area contributed by atoms with Crippen molar-refractivity contribution in [2.75, 3.05) is 0 Å². The normalized spacial score (nSPS) is 26.1. The summed E-state index contributed by atoms with van der Waals surface area (Å²) < 4.78 is 24.5. The van der Waals surface area contributed by atoms with E-state index >= 15 is 0 Å². The van der Waals surface area contributed by atoms with Gasteiger partial charge >= 0.3 is 0 Å². The van der Waals surface area contributed by atoms with Crippen molar-refractivity contribution in [3.63, 3.8) is 0 Å². The van der Waals surface area contributed by atoms with Crippen LogP contribution in [0.1, 0.15) is 57.9 Å². The molecule has 2 aliphatic heterocycles. The Kier molecular flexibility index (Phi) is 5.89. The van der Waals surface area contributed by atoms with Crippen LogP contribution in [0.5, 0.6) is 0 Å². The summed E-state index contributed by atoms with van der Waals surface area (Å²) in [7, 11) is -3.71. The molecule has 3 atom stereocenters. The Balaban J connectivity index is 1.41. The first-order chi connectivity index (χ1) is 16.6. The van der Waals surface area contributed by atoms with E-state index < -0.39 is 37.9 Å². The van der Waals surface area contributed by atoms with Crippen LogP contribution in [0.4, 0.5) is 0 Å². The number of fused-ring (bicyclic) bond motifs is 2. The van der Waals surface area contributed by atoms with Gasteiger partial charge in [-0.15, -0.1) is 0 Å². The Morgan fingerprint density at radius 3 is 2.60 bits per heavy atom. The zero-order chi connectivity index (χ0) is 25.0. The van der Waals surface area contributed by atoms with Gasteiger partial charge in [-0.2, -0.15) is 0 Å².